The van der Waals surface area contributed by atoms with Crippen LogP contribution in [0.2, 0.25) is 0 Å². The molecule has 0 N–H and O–H groups in total. The van der Waals surface area contributed by atoms with Gasteiger partial charge in [0.15, 0.2) is 0 Å². The third-order valence-electron chi connectivity index (χ3n) is 12.3. The summed E-state index contributed by atoms with van der Waals surface area (Å²) < 4.78 is 0. The Morgan fingerprint density at radius 3 is 1.76 bits per heavy atom. The predicted octanol–water partition coefficient (Wildman–Crippen LogP) is 13.2. The van der Waals surface area contributed by atoms with E-state index in [0.717, 1.165) is 6.54 Å². The van der Waals surface area contributed by atoms with Gasteiger partial charge in [-0.3, -0.25) is 0 Å². The number of para-hydroxylation sites is 1. The van der Waals surface area contributed by atoms with Crippen LogP contribution in [0.1, 0.15) is 134 Å². The highest BCUT2D eigenvalue weighted by molar-refractivity contribution is 5.90. The van der Waals surface area contributed by atoms with E-state index >= 15 is 0 Å². The van der Waals surface area contributed by atoms with Crippen molar-refractivity contribution >= 4 is 11.4 Å². The van der Waals surface area contributed by atoms with Gasteiger partial charge in [-0.15, -0.1) is 0 Å². The van der Waals surface area contributed by atoms with Crippen LogP contribution in [0.3, 0.4) is 0 Å². The zero-order chi connectivity index (χ0) is 32.3. The fraction of sp³-hybridized carbons (Fsp3) is 0.467. The second kappa shape index (κ2) is 11.7. The Hall–Kier alpha value is -3.32. The molecule has 4 aromatic rings. The van der Waals surface area contributed by atoms with Crippen molar-refractivity contribution in [2.75, 3.05) is 11.4 Å². The van der Waals surface area contributed by atoms with Gasteiger partial charge in [0.25, 0.3) is 0 Å². The largest absolute Gasteiger partial charge is 0.341 e. The van der Waals surface area contributed by atoms with Crippen LogP contribution < -0.4 is 4.90 Å². The number of hydrogen-bond acceptors (Lipinski definition) is 1. The maximum Gasteiger partial charge on any atom is 0.0525 e. The Bertz CT molecular complexity index is 1700. The molecule has 1 nitrogen and oxygen atoms in total. The molecule has 3 aliphatic rings. The van der Waals surface area contributed by atoms with E-state index in [4.69, 9.17) is 0 Å². The fourth-order valence-corrected chi connectivity index (χ4v) is 9.23. The zero-order valence-electron chi connectivity index (χ0n) is 29.5. The van der Waals surface area contributed by atoms with Crippen molar-refractivity contribution in [1.29, 1.82) is 0 Å². The summed E-state index contributed by atoms with van der Waals surface area (Å²) in [6.07, 6.45) is 10.3. The normalized spacial score (nSPS) is 20.2. The molecule has 0 heterocycles. The standard InChI is InChI=1S/C45H55N/c1-8-46(42-34(31-15-10-9-11-16-31)18-14-19-35(42)32-21-25-43(2,3)26-22-32)41-30-38-36-17-12-13-20-39(36)45(6,7)40(38)29-37(41)33-23-27-44(4,5)28-24-33/h9-20,29-30,32-33H,8,21-28H2,1-7H3. The average Bonchev–Trinajstić information content (AvgIpc) is 3.27. The van der Waals surface area contributed by atoms with E-state index in [2.05, 4.69) is 138 Å². The first-order valence-corrected chi connectivity index (χ1v) is 18.2. The van der Waals surface area contributed by atoms with Gasteiger partial charge in [0.2, 0.25) is 0 Å². The van der Waals surface area contributed by atoms with Crippen LogP contribution in [0.15, 0.2) is 84.9 Å². The molecule has 7 rings (SSSR count). The van der Waals surface area contributed by atoms with Gasteiger partial charge in [-0.25, -0.2) is 0 Å². The number of benzene rings is 4. The summed E-state index contributed by atoms with van der Waals surface area (Å²) in [6, 6.07) is 32.8. The van der Waals surface area contributed by atoms with Crippen molar-refractivity contribution in [1.82, 2.24) is 0 Å². The third-order valence-corrected chi connectivity index (χ3v) is 12.3. The molecular formula is C45H55N. The molecule has 1 heteroatoms. The minimum absolute atomic E-state index is 0.00615. The van der Waals surface area contributed by atoms with Gasteiger partial charge < -0.3 is 4.90 Å². The van der Waals surface area contributed by atoms with E-state index < -0.39 is 0 Å². The van der Waals surface area contributed by atoms with E-state index in [0.29, 0.717) is 22.7 Å². The predicted molar refractivity (Wildman–Crippen MR) is 199 cm³/mol. The Balaban J connectivity index is 1.45. The number of anilines is 2. The number of rotatable bonds is 6. The first kappa shape index (κ1) is 31.3. The molecule has 2 saturated carbocycles. The molecule has 0 radical (unpaired) electrons. The minimum Gasteiger partial charge on any atom is -0.341 e. The van der Waals surface area contributed by atoms with E-state index in [9.17, 15) is 0 Å². The van der Waals surface area contributed by atoms with Gasteiger partial charge in [0.1, 0.15) is 0 Å². The van der Waals surface area contributed by atoms with Crippen LogP contribution in [-0.2, 0) is 5.41 Å². The molecule has 46 heavy (non-hydrogen) atoms. The molecule has 2 fully saturated rings. The van der Waals surface area contributed by atoms with E-state index in [-0.39, 0.29) is 5.41 Å². The molecule has 0 saturated heterocycles. The molecule has 0 bridgehead atoms. The molecule has 0 amide bonds. The Labute approximate surface area is 279 Å². The van der Waals surface area contributed by atoms with Crippen molar-refractivity contribution in [3.63, 3.8) is 0 Å². The lowest BCUT2D eigenvalue weighted by Crippen LogP contribution is -2.26. The van der Waals surface area contributed by atoms with Crippen molar-refractivity contribution in [2.45, 2.75) is 117 Å². The minimum atomic E-state index is 0.00615. The van der Waals surface area contributed by atoms with Gasteiger partial charge >= 0.3 is 0 Å². The summed E-state index contributed by atoms with van der Waals surface area (Å²) in [6.45, 7) is 18.1. The lowest BCUT2D eigenvalue weighted by molar-refractivity contribution is 0.224. The maximum absolute atomic E-state index is 2.75. The molecule has 0 aliphatic heterocycles. The highest BCUT2D eigenvalue weighted by Gasteiger charge is 2.39. The van der Waals surface area contributed by atoms with Crippen LogP contribution >= 0.6 is 0 Å². The monoisotopic (exact) mass is 609 g/mol. The van der Waals surface area contributed by atoms with Crippen molar-refractivity contribution in [3.8, 4) is 22.3 Å². The number of nitrogens with zero attached hydrogens (tertiary/aromatic N) is 1. The Kier molecular flexibility index (Phi) is 7.98. The Morgan fingerprint density at radius 2 is 1.13 bits per heavy atom. The summed E-state index contributed by atoms with van der Waals surface area (Å²) in [7, 11) is 0. The first-order valence-electron chi connectivity index (χ1n) is 18.2. The van der Waals surface area contributed by atoms with Crippen LogP contribution in [-0.4, -0.2) is 6.54 Å². The molecule has 3 aliphatic carbocycles. The summed E-state index contributed by atoms with van der Waals surface area (Å²) in [4.78, 5) is 2.75. The highest BCUT2D eigenvalue weighted by Crippen LogP contribution is 2.55. The fourth-order valence-electron chi connectivity index (χ4n) is 9.23. The molecule has 0 atom stereocenters. The van der Waals surface area contributed by atoms with Crippen LogP contribution in [0.4, 0.5) is 11.4 Å². The summed E-state index contributed by atoms with van der Waals surface area (Å²) in [5, 5.41) is 0. The maximum atomic E-state index is 2.75. The second-order valence-corrected chi connectivity index (χ2v) is 16.9. The second-order valence-electron chi connectivity index (χ2n) is 16.9. The highest BCUT2D eigenvalue weighted by atomic mass is 15.1. The lowest BCUT2D eigenvalue weighted by atomic mass is 9.70. The first-order chi connectivity index (χ1) is 22.0. The van der Waals surface area contributed by atoms with E-state index in [1.54, 1.807) is 11.1 Å². The number of fused-ring (bicyclic) bond motifs is 3. The third kappa shape index (κ3) is 5.52. The summed E-state index contributed by atoms with van der Waals surface area (Å²) in [5.41, 5.74) is 15.4. The van der Waals surface area contributed by atoms with Gasteiger partial charge in [-0.2, -0.15) is 0 Å². The summed E-state index contributed by atoms with van der Waals surface area (Å²) >= 11 is 0. The van der Waals surface area contributed by atoms with Crippen molar-refractivity contribution in [2.24, 2.45) is 10.8 Å². The quantitative estimate of drug-likeness (QED) is 0.210. The molecule has 240 valence electrons. The Morgan fingerprint density at radius 1 is 0.565 bits per heavy atom. The smallest absolute Gasteiger partial charge is 0.0525 e. The van der Waals surface area contributed by atoms with Crippen molar-refractivity contribution < 1.29 is 0 Å². The molecule has 0 spiro atoms. The number of hydrogen-bond donors (Lipinski definition) is 0. The van der Waals surface area contributed by atoms with E-state index in [1.807, 2.05) is 0 Å². The van der Waals surface area contributed by atoms with Gasteiger partial charge in [-0.1, -0.05) is 120 Å². The molecule has 0 aromatic heterocycles. The molecule has 0 unspecified atom stereocenters. The van der Waals surface area contributed by atoms with Gasteiger partial charge in [-0.05, 0) is 126 Å². The topological polar surface area (TPSA) is 3.24 Å². The van der Waals surface area contributed by atoms with Crippen molar-refractivity contribution in [3.05, 3.63) is 107 Å². The average molecular weight is 610 g/mol. The zero-order valence-corrected chi connectivity index (χ0v) is 29.5. The molecular weight excluding hydrogens is 555 g/mol. The molecule has 4 aromatic carbocycles. The van der Waals surface area contributed by atoms with Crippen LogP contribution in [0.25, 0.3) is 22.3 Å². The van der Waals surface area contributed by atoms with E-state index in [1.165, 1.54) is 96.1 Å². The lowest BCUT2D eigenvalue weighted by Gasteiger charge is -2.40. The summed E-state index contributed by atoms with van der Waals surface area (Å²) in [5.74, 6) is 1.18. The van der Waals surface area contributed by atoms with Crippen LogP contribution in [0.5, 0.6) is 0 Å². The van der Waals surface area contributed by atoms with Gasteiger partial charge in [0.05, 0.1) is 5.69 Å². The van der Waals surface area contributed by atoms with Crippen LogP contribution in [0, 0.1) is 10.8 Å². The SMILES string of the molecule is CCN(c1cc2c(cc1C1CCC(C)(C)CC1)C(C)(C)c1ccccc1-2)c1c(-c2ccccc2)cccc1C1CCC(C)(C)CC1. The van der Waals surface area contributed by atoms with Gasteiger partial charge in [0, 0.05) is 23.2 Å².